The van der Waals surface area contributed by atoms with Gasteiger partial charge in [0.15, 0.2) is 0 Å². The molecule has 2 aromatic heterocycles. The smallest absolute Gasteiger partial charge is 0.223 e. The average molecular weight is 262 g/mol. The molecule has 3 rings (SSSR count). The summed E-state index contributed by atoms with van der Waals surface area (Å²) in [5.74, 6) is 2.11. The zero-order valence-corrected chi connectivity index (χ0v) is 11.8. The number of nitrogens with zero attached hydrogens (tertiary/aromatic N) is 3. The maximum absolute atomic E-state index is 5.84. The van der Waals surface area contributed by atoms with Crippen LogP contribution < -0.4 is 10.6 Å². The van der Waals surface area contributed by atoms with Crippen molar-refractivity contribution in [1.82, 2.24) is 9.97 Å². The molecule has 2 N–H and O–H groups in total. The Hall–Kier alpha value is -1.36. The summed E-state index contributed by atoms with van der Waals surface area (Å²) in [6.07, 6.45) is 1.22. The molecule has 1 aliphatic rings. The molecule has 1 fully saturated rings. The van der Waals surface area contributed by atoms with Crippen molar-refractivity contribution < 1.29 is 0 Å². The summed E-state index contributed by atoms with van der Waals surface area (Å²) in [4.78, 5) is 13.4. The number of thiophene rings is 1. The van der Waals surface area contributed by atoms with E-state index in [0.717, 1.165) is 22.6 Å². The highest BCUT2D eigenvalue weighted by atomic mass is 32.1. The molecule has 96 valence electrons. The van der Waals surface area contributed by atoms with Crippen molar-refractivity contribution in [2.45, 2.75) is 33.2 Å². The Labute approximate surface area is 111 Å². The molecule has 1 aliphatic heterocycles. The van der Waals surface area contributed by atoms with Gasteiger partial charge in [-0.2, -0.15) is 4.98 Å². The summed E-state index contributed by atoms with van der Waals surface area (Å²) in [6.45, 7) is 7.70. The minimum Gasteiger partial charge on any atom is -0.368 e. The summed E-state index contributed by atoms with van der Waals surface area (Å²) in [5, 5.41) is 1.15. The van der Waals surface area contributed by atoms with Crippen LogP contribution in [0.25, 0.3) is 10.2 Å². The Morgan fingerprint density at radius 3 is 2.83 bits per heavy atom. The third kappa shape index (κ3) is 1.82. The average Bonchev–Trinajstić information content (AvgIpc) is 2.79. The summed E-state index contributed by atoms with van der Waals surface area (Å²) in [7, 11) is 0. The molecule has 1 saturated heterocycles. The van der Waals surface area contributed by atoms with Gasteiger partial charge in [0.1, 0.15) is 10.6 Å². The van der Waals surface area contributed by atoms with Gasteiger partial charge in [-0.05, 0) is 32.3 Å². The lowest BCUT2D eigenvalue weighted by Gasteiger charge is -2.23. The molecule has 18 heavy (non-hydrogen) atoms. The first-order valence-electron chi connectivity index (χ1n) is 6.35. The molecule has 0 bridgehead atoms. The largest absolute Gasteiger partial charge is 0.368 e. The van der Waals surface area contributed by atoms with Crippen LogP contribution in [0.4, 0.5) is 11.8 Å². The van der Waals surface area contributed by atoms with E-state index in [1.165, 1.54) is 11.3 Å². The molecular formula is C13H18N4S. The lowest BCUT2D eigenvalue weighted by atomic mass is 10.1. The van der Waals surface area contributed by atoms with Crippen LogP contribution in [0.3, 0.4) is 0 Å². The summed E-state index contributed by atoms with van der Waals surface area (Å²) < 4.78 is 0. The standard InChI is InChI=1S/C13H18N4S/c1-7-4-8(2)17(6-7)11-10-5-9(3)18-12(10)16-13(14)15-11/h5,7-8H,4,6H2,1-3H3,(H2,14,15,16). The Morgan fingerprint density at radius 1 is 1.39 bits per heavy atom. The third-order valence-corrected chi connectivity index (χ3v) is 4.51. The van der Waals surface area contributed by atoms with Crippen LogP contribution in [0.2, 0.25) is 0 Å². The van der Waals surface area contributed by atoms with Gasteiger partial charge in [-0.15, -0.1) is 11.3 Å². The normalized spacial score (nSPS) is 24.1. The number of hydrogen-bond donors (Lipinski definition) is 1. The topological polar surface area (TPSA) is 55.0 Å². The molecule has 2 unspecified atom stereocenters. The van der Waals surface area contributed by atoms with Crippen molar-refractivity contribution in [3.05, 3.63) is 10.9 Å². The Morgan fingerprint density at radius 2 is 2.17 bits per heavy atom. The SMILES string of the molecule is Cc1cc2c(N3CC(C)CC3C)nc(N)nc2s1. The molecule has 4 nitrogen and oxygen atoms in total. The second-order valence-electron chi connectivity index (χ2n) is 5.32. The van der Waals surface area contributed by atoms with Crippen molar-refractivity contribution >= 4 is 33.3 Å². The minimum atomic E-state index is 0.381. The lowest BCUT2D eigenvalue weighted by Crippen LogP contribution is -2.28. The molecule has 0 aliphatic carbocycles. The zero-order valence-electron chi connectivity index (χ0n) is 11.0. The highest BCUT2D eigenvalue weighted by Gasteiger charge is 2.29. The molecule has 2 aromatic rings. The van der Waals surface area contributed by atoms with E-state index in [1.807, 2.05) is 0 Å². The van der Waals surface area contributed by atoms with Crippen LogP contribution in [0.5, 0.6) is 0 Å². The van der Waals surface area contributed by atoms with Crippen LogP contribution in [-0.4, -0.2) is 22.6 Å². The van der Waals surface area contributed by atoms with E-state index in [-0.39, 0.29) is 0 Å². The van der Waals surface area contributed by atoms with Crippen molar-refractivity contribution in [1.29, 1.82) is 0 Å². The summed E-state index contributed by atoms with van der Waals surface area (Å²) >= 11 is 1.68. The first-order chi connectivity index (χ1) is 8.54. The van der Waals surface area contributed by atoms with Gasteiger partial charge >= 0.3 is 0 Å². The Bertz CT molecular complexity index is 592. The van der Waals surface area contributed by atoms with Crippen LogP contribution in [0.15, 0.2) is 6.07 Å². The van der Waals surface area contributed by atoms with Crippen molar-refractivity contribution in [3.63, 3.8) is 0 Å². The monoisotopic (exact) mass is 262 g/mol. The van der Waals surface area contributed by atoms with Gasteiger partial charge < -0.3 is 10.6 Å². The van der Waals surface area contributed by atoms with Gasteiger partial charge in [-0.25, -0.2) is 4.98 Å². The number of aromatic nitrogens is 2. The molecule has 0 radical (unpaired) electrons. The molecule has 0 saturated carbocycles. The molecule has 3 heterocycles. The number of hydrogen-bond acceptors (Lipinski definition) is 5. The third-order valence-electron chi connectivity index (χ3n) is 3.57. The van der Waals surface area contributed by atoms with Crippen LogP contribution in [0.1, 0.15) is 25.1 Å². The van der Waals surface area contributed by atoms with Crippen LogP contribution in [0, 0.1) is 12.8 Å². The summed E-state index contributed by atoms with van der Waals surface area (Å²) in [6, 6.07) is 2.70. The number of fused-ring (bicyclic) bond motifs is 1. The molecule has 0 spiro atoms. The number of nitrogens with two attached hydrogens (primary N) is 1. The predicted molar refractivity (Wildman–Crippen MR) is 77.2 cm³/mol. The fourth-order valence-electron chi connectivity index (χ4n) is 2.86. The number of nitrogen functional groups attached to an aromatic ring is 1. The van der Waals surface area contributed by atoms with Gasteiger partial charge in [0.25, 0.3) is 0 Å². The van der Waals surface area contributed by atoms with Crippen molar-refractivity contribution in [3.8, 4) is 0 Å². The van der Waals surface area contributed by atoms with Crippen molar-refractivity contribution in [2.75, 3.05) is 17.2 Å². The Kier molecular flexibility index (Phi) is 2.66. The second kappa shape index (κ2) is 4.09. The van der Waals surface area contributed by atoms with E-state index in [9.17, 15) is 0 Å². The molecule has 2 atom stereocenters. The van der Waals surface area contributed by atoms with Crippen molar-refractivity contribution in [2.24, 2.45) is 5.92 Å². The zero-order chi connectivity index (χ0) is 12.9. The van der Waals surface area contributed by atoms with E-state index in [0.29, 0.717) is 17.9 Å². The molecular weight excluding hydrogens is 244 g/mol. The fraction of sp³-hybridized carbons (Fsp3) is 0.538. The number of rotatable bonds is 1. The van der Waals surface area contributed by atoms with Gasteiger partial charge in [-0.3, -0.25) is 0 Å². The molecule has 5 heteroatoms. The second-order valence-corrected chi connectivity index (χ2v) is 6.56. The maximum Gasteiger partial charge on any atom is 0.223 e. The van der Waals surface area contributed by atoms with Gasteiger partial charge in [0, 0.05) is 17.5 Å². The van der Waals surface area contributed by atoms with Crippen LogP contribution in [-0.2, 0) is 0 Å². The first-order valence-corrected chi connectivity index (χ1v) is 7.16. The van der Waals surface area contributed by atoms with E-state index >= 15 is 0 Å². The summed E-state index contributed by atoms with van der Waals surface area (Å²) in [5.41, 5.74) is 5.84. The lowest BCUT2D eigenvalue weighted by molar-refractivity contribution is 0.625. The van der Waals surface area contributed by atoms with Gasteiger partial charge in [-0.1, -0.05) is 6.92 Å². The first kappa shape index (κ1) is 11.7. The highest BCUT2D eigenvalue weighted by Crippen LogP contribution is 2.35. The van der Waals surface area contributed by atoms with E-state index in [1.54, 1.807) is 11.3 Å². The number of aryl methyl sites for hydroxylation is 1. The highest BCUT2D eigenvalue weighted by molar-refractivity contribution is 7.18. The predicted octanol–water partition coefficient (Wildman–Crippen LogP) is 2.82. The van der Waals surface area contributed by atoms with Crippen LogP contribution >= 0.6 is 11.3 Å². The van der Waals surface area contributed by atoms with E-state index in [2.05, 4.69) is 41.7 Å². The number of anilines is 2. The molecule has 0 amide bonds. The van der Waals surface area contributed by atoms with E-state index < -0.39 is 0 Å². The quantitative estimate of drug-likeness (QED) is 0.858. The fourth-order valence-corrected chi connectivity index (χ4v) is 3.74. The van der Waals surface area contributed by atoms with Gasteiger partial charge in [0.2, 0.25) is 5.95 Å². The maximum atomic E-state index is 5.84. The Balaban J connectivity index is 2.15. The molecule has 0 aromatic carbocycles. The minimum absolute atomic E-state index is 0.381. The van der Waals surface area contributed by atoms with E-state index in [4.69, 9.17) is 5.73 Å². The van der Waals surface area contributed by atoms with Gasteiger partial charge in [0.05, 0.1) is 5.39 Å².